The third-order valence-corrected chi connectivity index (χ3v) is 3.03. The Morgan fingerprint density at radius 2 is 2.26 bits per heavy atom. The predicted molar refractivity (Wildman–Crippen MR) is 71.9 cm³/mol. The first-order chi connectivity index (χ1) is 9.29. The normalized spacial score (nSPS) is 19.2. The molecule has 1 atom stereocenters. The van der Waals surface area contributed by atoms with Crippen molar-refractivity contribution in [1.29, 1.82) is 0 Å². The zero-order valence-corrected chi connectivity index (χ0v) is 11.2. The van der Waals surface area contributed by atoms with E-state index in [-0.39, 0.29) is 12.2 Å². The first-order valence-corrected chi connectivity index (χ1v) is 6.51. The fourth-order valence-corrected chi connectivity index (χ4v) is 2.05. The van der Waals surface area contributed by atoms with Crippen molar-refractivity contribution in [2.75, 3.05) is 33.3 Å². The second kappa shape index (κ2) is 7.11. The van der Waals surface area contributed by atoms with Gasteiger partial charge in [-0.05, 0) is 12.6 Å². The first kappa shape index (κ1) is 13.8. The summed E-state index contributed by atoms with van der Waals surface area (Å²) in [4.78, 5) is 13.7. The molecule has 5 nitrogen and oxygen atoms in total. The molecule has 1 fully saturated rings. The molecule has 19 heavy (non-hydrogen) atoms. The van der Waals surface area contributed by atoms with Crippen LogP contribution in [0.2, 0.25) is 0 Å². The second-order valence-electron chi connectivity index (χ2n) is 4.54. The smallest absolute Gasteiger partial charge is 0.410 e. The number of amides is 1. The molecule has 1 aromatic rings. The summed E-state index contributed by atoms with van der Waals surface area (Å²) < 4.78 is 10.9. The number of nitrogens with one attached hydrogen (secondary N) is 1. The van der Waals surface area contributed by atoms with E-state index in [4.69, 9.17) is 9.47 Å². The Morgan fingerprint density at radius 1 is 1.47 bits per heavy atom. The van der Waals surface area contributed by atoms with E-state index < -0.39 is 0 Å². The number of rotatable bonds is 4. The van der Waals surface area contributed by atoms with E-state index in [2.05, 4.69) is 5.32 Å². The molecule has 2 rings (SSSR count). The number of hydrogen-bond acceptors (Lipinski definition) is 4. The van der Waals surface area contributed by atoms with Gasteiger partial charge in [0.15, 0.2) is 0 Å². The molecule has 1 aliphatic heterocycles. The summed E-state index contributed by atoms with van der Waals surface area (Å²) in [5, 5.41) is 3.05. The van der Waals surface area contributed by atoms with Crippen molar-refractivity contribution < 1.29 is 14.3 Å². The van der Waals surface area contributed by atoms with Gasteiger partial charge in [-0.3, -0.25) is 0 Å². The van der Waals surface area contributed by atoms with Gasteiger partial charge in [-0.25, -0.2) is 4.79 Å². The third kappa shape index (κ3) is 4.22. The summed E-state index contributed by atoms with van der Waals surface area (Å²) >= 11 is 0. The molecule has 1 aromatic carbocycles. The van der Waals surface area contributed by atoms with Crippen LogP contribution in [-0.4, -0.2) is 50.4 Å². The minimum absolute atomic E-state index is 0.0445. The molecule has 1 unspecified atom stereocenters. The Kier molecular flexibility index (Phi) is 5.18. The van der Waals surface area contributed by atoms with Crippen molar-refractivity contribution in [2.45, 2.75) is 12.7 Å². The average molecular weight is 264 g/mol. The Hall–Kier alpha value is -1.59. The summed E-state index contributed by atoms with van der Waals surface area (Å²) in [6, 6.07) is 9.68. The predicted octanol–water partition coefficient (Wildman–Crippen LogP) is 1.24. The number of carbonyl (C=O) groups excluding carboxylic acids is 1. The number of carbonyl (C=O) groups is 1. The SMILES string of the molecule is CNCC1CN(C(=O)OCc2ccccc2)CCO1. The lowest BCUT2D eigenvalue weighted by Gasteiger charge is -2.32. The lowest BCUT2D eigenvalue weighted by atomic mass is 10.2. The van der Waals surface area contributed by atoms with Crippen LogP contribution in [-0.2, 0) is 16.1 Å². The van der Waals surface area contributed by atoms with E-state index >= 15 is 0 Å². The van der Waals surface area contributed by atoms with Gasteiger partial charge in [-0.1, -0.05) is 30.3 Å². The van der Waals surface area contributed by atoms with Crippen LogP contribution in [0.3, 0.4) is 0 Å². The van der Waals surface area contributed by atoms with Crippen LogP contribution in [0.4, 0.5) is 4.79 Å². The number of nitrogens with zero attached hydrogens (tertiary/aromatic N) is 1. The van der Waals surface area contributed by atoms with E-state index in [1.54, 1.807) is 4.90 Å². The minimum Gasteiger partial charge on any atom is -0.445 e. The maximum atomic E-state index is 11.9. The highest BCUT2D eigenvalue weighted by molar-refractivity contribution is 5.67. The van der Waals surface area contributed by atoms with Crippen molar-refractivity contribution in [2.24, 2.45) is 0 Å². The van der Waals surface area contributed by atoms with Gasteiger partial charge < -0.3 is 19.7 Å². The van der Waals surface area contributed by atoms with Crippen LogP contribution in [0.25, 0.3) is 0 Å². The van der Waals surface area contributed by atoms with E-state index in [0.29, 0.717) is 26.3 Å². The molecule has 1 N–H and O–H groups in total. The number of likely N-dealkylation sites (N-methyl/N-ethyl adjacent to an activating group) is 1. The molecular formula is C14H20N2O3. The molecule has 104 valence electrons. The van der Waals surface area contributed by atoms with Crippen molar-refractivity contribution in [1.82, 2.24) is 10.2 Å². The van der Waals surface area contributed by atoms with Crippen molar-refractivity contribution in [3.8, 4) is 0 Å². The highest BCUT2D eigenvalue weighted by atomic mass is 16.6. The van der Waals surface area contributed by atoms with Gasteiger partial charge in [0, 0.05) is 13.1 Å². The van der Waals surface area contributed by atoms with Gasteiger partial charge in [0.2, 0.25) is 0 Å². The number of morpholine rings is 1. The van der Waals surface area contributed by atoms with Crippen LogP contribution in [0.1, 0.15) is 5.56 Å². The molecule has 1 saturated heterocycles. The van der Waals surface area contributed by atoms with E-state index in [1.807, 2.05) is 37.4 Å². The molecular weight excluding hydrogens is 244 g/mol. The molecule has 5 heteroatoms. The van der Waals surface area contributed by atoms with Gasteiger partial charge in [-0.15, -0.1) is 0 Å². The number of hydrogen-bond donors (Lipinski definition) is 1. The van der Waals surface area contributed by atoms with Crippen LogP contribution in [0.5, 0.6) is 0 Å². The second-order valence-corrected chi connectivity index (χ2v) is 4.54. The monoisotopic (exact) mass is 264 g/mol. The first-order valence-electron chi connectivity index (χ1n) is 6.51. The third-order valence-electron chi connectivity index (χ3n) is 3.03. The van der Waals surface area contributed by atoms with Crippen LogP contribution >= 0.6 is 0 Å². The zero-order chi connectivity index (χ0) is 13.5. The van der Waals surface area contributed by atoms with Gasteiger partial charge in [0.1, 0.15) is 6.61 Å². The van der Waals surface area contributed by atoms with Gasteiger partial charge in [-0.2, -0.15) is 0 Å². The summed E-state index contributed by atoms with van der Waals surface area (Å²) in [5.41, 5.74) is 0.996. The largest absolute Gasteiger partial charge is 0.445 e. The number of ether oxygens (including phenoxy) is 2. The fourth-order valence-electron chi connectivity index (χ4n) is 2.05. The molecule has 1 aliphatic rings. The molecule has 0 aliphatic carbocycles. The average Bonchev–Trinajstić information content (AvgIpc) is 2.46. The standard InChI is InChI=1S/C14H20N2O3/c1-15-9-13-10-16(7-8-18-13)14(17)19-11-12-5-3-2-4-6-12/h2-6,13,15H,7-11H2,1H3. The Labute approximate surface area is 113 Å². The van der Waals surface area contributed by atoms with Crippen LogP contribution < -0.4 is 5.32 Å². The maximum Gasteiger partial charge on any atom is 0.410 e. The van der Waals surface area contributed by atoms with E-state index in [0.717, 1.165) is 12.1 Å². The molecule has 0 radical (unpaired) electrons. The molecule has 1 amide bonds. The van der Waals surface area contributed by atoms with Crippen molar-refractivity contribution >= 4 is 6.09 Å². The van der Waals surface area contributed by atoms with Crippen LogP contribution in [0.15, 0.2) is 30.3 Å². The molecule has 0 aromatic heterocycles. The zero-order valence-electron chi connectivity index (χ0n) is 11.2. The summed E-state index contributed by atoms with van der Waals surface area (Å²) in [5.74, 6) is 0. The highest BCUT2D eigenvalue weighted by Crippen LogP contribution is 2.08. The lowest BCUT2D eigenvalue weighted by Crippen LogP contribution is -2.48. The molecule has 0 saturated carbocycles. The van der Waals surface area contributed by atoms with E-state index in [9.17, 15) is 4.79 Å². The highest BCUT2D eigenvalue weighted by Gasteiger charge is 2.24. The van der Waals surface area contributed by atoms with Crippen molar-refractivity contribution in [3.05, 3.63) is 35.9 Å². The molecule has 0 bridgehead atoms. The molecule has 1 heterocycles. The van der Waals surface area contributed by atoms with Crippen LogP contribution in [0, 0.1) is 0 Å². The van der Waals surface area contributed by atoms with Gasteiger partial charge >= 0.3 is 6.09 Å². The fraction of sp³-hybridized carbons (Fsp3) is 0.500. The van der Waals surface area contributed by atoms with Gasteiger partial charge in [0.25, 0.3) is 0 Å². The topological polar surface area (TPSA) is 50.8 Å². The van der Waals surface area contributed by atoms with Crippen molar-refractivity contribution in [3.63, 3.8) is 0 Å². The van der Waals surface area contributed by atoms with Gasteiger partial charge in [0.05, 0.1) is 19.3 Å². The minimum atomic E-state index is -0.270. The summed E-state index contributed by atoms with van der Waals surface area (Å²) in [6.45, 7) is 2.78. The lowest BCUT2D eigenvalue weighted by molar-refractivity contribution is -0.0263. The Morgan fingerprint density at radius 3 is 3.00 bits per heavy atom. The number of benzene rings is 1. The summed E-state index contributed by atoms with van der Waals surface area (Å²) in [7, 11) is 1.87. The Balaban J connectivity index is 1.79. The molecule has 0 spiro atoms. The van der Waals surface area contributed by atoms with E-state index in [1.165, 1.54) is 0 Å². The Bertz CT molecular complexity index is 395. The maximum absolute atomic E-state index is 11.9. The summed E-state index contributed by atoms with van der Waals surface area (Å²) in [6.07, 6.45) is -0.226. The quantitative estimate of drug-likeness (QED) is 0.889.